The van der Waals surface area contributed by atoms with E-state index in [9.17, 15) is 4.79 Å². The Morgan fingerprint density at radius 3 is 2.70 bits per heavy atom. The van der Waals surface area contributed by atoms with Crippen LogP contribution < -0.4 is 5.32 Å². The summed E-state index contributed by atoms with van der Waals surface area (Å²) in [4.78, 5) is 17.3. The van der Waals surface area contributed by atoms with Crippen molar-refractivity contribution in [1.82, 2.24) is 14.9 Å². The van der Waals surface area contributed by atoms with Crippen LogP contribution in [0.4, 0.5) is 0 Å². The largest absolute Gasteiger partial charge is 0.351 e. The van der Waals surface area contributed by atoms with Crippen LogP contribution in [0.3, 0.4) is 0 Å². The van der Waals surface area contributed by atoms with E-state index >= 15 is 0 Å². The predicted molar refractivity (Wildman–Crippen MR) is 84.5 cm³/mol. The SMILES string of the molecule is CSc1ccc(C(=O)NCCSc2nccn2C)cc1. The van der Waals surface area contributed by atoms with Crippen LogP contribution in [0.5, 0.6) is 0 Å². The quantitative estimate of drug-likeness (QED) is 0.658. The van der Waals surface area contributed by atoms with Gasteiger partial charge in [-0.1, -0.05) is 11.8 Å². The maximum Gasteiger partial charge on any atom is 0.251 e. The average molecular weight is 307 g/mol. The van der Waals surface area contributed by atoms with Gasteiger partial charge in [-0.25, -0.2) is 4.98 Å². The molecule has 2 rings (SSSR count). The number of carbonyl (C=O) groups is 1. The highest BCUT2D eigenvalue weighted by Gasteiger charge is 2.05. The molecule has 20 heavy (non-hydrogen) atoms. The number of rotatable bonds is 6. The molecule has 2 aromatic rings. The molecule has 0 atom stereocenters. The molecule has 0 spiro atoms. The van der Waals surface area contributed by atoms with Gasteiger partial charge in [0.25, 0.3) is 5.91 Å². The lowest BCUT2D eigenvalue weighted by molar-refractivity contribution is 0.0956. The molecule has 1 aromatic carbocycles. The van der Waals surface area contributed by atoms with Crippen molar-refractivity contribution in [3.05, 3.63) is 42.2 Å². The van der Waals surface area contributed by atoms with E-state index in [0.717, 1.165) is 15.8 Å². The van der Waals surface area contributed by atoms with Gasteiger partial charge >= 0.3 is 0 Å². The number of benzene rings is 1. The van der Waals surface area contributed by atoms with Gasteiger partial charge in [0.15, 0.2) is 5.16 Å². The fraction of sp³-hybridized carbons (Fsp3) is 0.286. The first kappa shape index (κ1) is 15.0. The Morgan fingerprint density at radius 2 is 2.10 bits per heavy atom. The maximum atomic E-state index is 11.9. The van der Waals surface area contributed by atoms with E-state index in [4.69, 9.17) is 0 Å². The number of hydrogen-bond donors (Lipinski definition) is 1. The second kappa shape index (κ2) is 7.40. The summed E-state index contributed by atoms with van der Waals surface area (Å²) in [6, 6.07) is 7.63. The fourth-order valence-electron chi connectivity index (χ4n) is 1.64. The molecular formula is C14H17N3OS2. The first-order valence-electron chi connectivity index (χ1n) is 6.23. The van der Waals surface area contributed by atoms with Crippen molar-refractivity contribution in [3.63, 3.8) is 0 Å². The summed E-state index contributed by atoms with van der Waals surface area (Å²) in [5.41, 5.74) is 0.699. The Kier molecular flexibility index (Phi) is 5.55. The molecule has 0 unspecified atom stereocenters. The molecule has 1 N–H and O–H groups in total. The van der Waals surface area contributed by atoms with Gasteiger partial charge in [-0.05, 0) is 30.5 Å². The topological polar surface area (TPSA) is 46.9 Å². The Morgan fingerprint density at radius 1 is 1.35 bits per heavy atom. The number of hydrogen-bond acceptors (Lipinski definition) is 4. The molecule has 0 fully saturated rings. The van der Waals surface area contributed by atoms with Crippen LogP contribution in [-0.2, 0) is 7.05 Å². The first-order valence-corrected chi connectivity index (χ1v) is 8.44. The minimum atomic E-state index is -0.0295. The van der Waals surface area contributed by atoms with E-state index in [1.165, 1.54) is 0 Å². The molecule has 1 heterocycles. The maximum absolute atomic E-state index is 11.9. The number of aryl methyl sites for hydroxylation is 1. The molecular weight excluding hydrogens is 290 g/mol. The smallest absolute Gasteiger partial charge is 0.251 e. The standard InChI is InChI=1S/C14H17N3OS2/c1-17-9-7-16-14(17)20-10-8-15-13(18)11-3-5-12(19-2)6-4-11/h3-7,9H,8,10H2,1-2H3,(H,15,18). The van der Waals surface area contributed by atoms with Crippen molar-refractivity contribution in [2.24, 2.45) is 7.05 Å². The second-order valence-corrected chi connectivity index (χ2v) is 6.10. The highest BCUT2D eigenvalue weighted by atomic mass is 32.2. The monoisotopic (exact) mass is 307 g/mol. The zero-order valence-electron chi connectivity index (χ0n) is 11.5. The fourth-order valence-corrected chi connectivity index (χ4v) is 2.84. The van der Waals surface area contributed by atoms with E-state index in [1.54, 1.807) is 29.7 Å². The van der Waals surface area contributed by atoms with Gasteiger partial charge in [0.05, 0.1) is 0 Å². The van der Waals surface area contributed by atoms with Crippen LogP contribution in [0, 0.1) is 0 Å². The number of nitrogens with one attached hydrogen (secondary N) is 1. The minimum absolute atomic E-state index is 0.0295. The Bertz CT molecular complexity index is 566. The van der Waals surface area contributed by atoms with Crippen LogP contribution in [0.15, 0.2) is 46.7 Å². The van der Waals surface area contributed by atoms with Crippen LogP contribution in [0.2, 0.25) is 0 Å². The van der Waals surface area contributed by atoms with Crippen molar-refractivity contribution < 1.29 is 4.79 Å². The van der Waals surface area contributed by atoms with Gasteiger partial charge in [-0.2, -0.15) is 0 Å². The molecule has 1 amide bonds. The zero-order chi connectivity index (χ0) is 14.4. The minimum Gasteiger partial charge on any atom is -0.351 e. The average Bonchev–Trinajstić information content (AvgIpc) is 2.89. The van der Waals surface area contributed by atoms with Gasteiger partial charge in [-0.3, -0.25) is 4.79 Å². The summed E-state index contributed by atoms with van der Waals surface area (Å²) >= 11 is 3.30. The van der Waals surface area contributed by atoms with Gasteiger partial charge in [0, 0.05) is 42.2 Å². The Hall–Kier alpha value is -1.40. The third kappa shape index (κ3) is 4.05. The lowest BCUT2D eigenvalue weighted by atomic mass is 10.2. The van der Waals surface area contributed by atoms with E-state index in [-0.39, 0.29) is 5.91 Å². The number of thioether (sulfide) groups is 2. The summed E-state index contributed by atoms with van der Waals surface area (Å²) in [5, 5.41) is 3.88. The summed E-state index contributed by atoms with van der Waals surface area (Å²) in [7, 11) is 1.96. The van der Waals surface area contributed by atoms with Gasteiger partial charge in [0.2, 0.25) is 0 Å². The van der Waals surface area contributed by atoms with Crippen molar-refractivity contribution >= 4 is 29.4 Å². The summed E-state index contributed by atoms with van der Waals surface area (Å²) in [5.74, 6) is 0.776. The molecule has 0 bridgehead atoms. The molecule has 0 saturated heterocycles. The molecule has 0 aliphatic rings. The second-order valence-electron chi connectivity index (χ2n) is 4.15. The Labute approximate surface area is 127 Å². The van der Waals surface area contributed by atoms with E-state index < -0.39 is 0 Å². The molecule has 106 valence electrons. The molecule has 4 nitrogen and oxygen atoms in total. The van der Waals surface area contributed by atoms with E-state index in [0.29, 0.717) is 12.1 Å². The van der Waals surface area contributed by atoms with Crippen molar-refractivity contribution in [2.45, 2.75) is 10.1 Å². The molecule has 0 radical (unpaired) electrons. The van der Waals surface area contributed by atoms with Crippen LogP contribution in [0.1, 0.15) is 10.4 Å². The van der Waals surface area contributed by atoms with Gasteiger partial charge in [0.1, 0.15) is 0 Å². The highest BCUT2D eigenvalue weighted by Crippen LogP contribution is 2.15. The predicted octanol–water partition coefficient (Wildman–Crippen LogP) is 2.66. The number of aromatic nitrogens is 2. The van der Waals surface area contributed by atoms with Crippen LogP contribution in [0.25, 0.3) is 0 Å². The summed E-state index contributed by atoms with van der Waals surface area (Å²) in [6.07, 6.45) is 5.70. The third-order valence-corrected chi connectivity index (χ3v) is 4.55. The summed E-state index contributed by atoms with van der Waals surface area (Å²) < 4.78 is 1.97. The number of amides is 1. The number of imidazole rings is 1. The summed E-state index contributed by atoms with van der Waals surface area (Å²) in [6.45, 7) is 0.626. The number of nitrogens with zero attached hydrogens (tertiary/aromatic N) is 2. The molecule has 0 aliphatic carbocycles. The lowest BCUT2D eigenvalue weighted by Crippen LogP contribution is -2.25. The molecule has 0 aliphatic heterocycles. The lowest BCUT2D eigenvalue weighted by Gasteiger charge is -2.06. The number of carbonyl (C=O) groups excluding carboxylic acids is 1. The molecule has 1 aromatic heterocycles. The van der Waals surface area contributed by atoms with E-state index in [1.807, 2.05) is 48.3 Å². The van der Waals surface area contributed by atoms with Crippen molar-refractivity contribution in [1.29, 1.82) is 0 Å². The highest BCUT2D eigenvalue weighted by molar-refractivity contribution is 7.99. The van der Waals surface area contributed by atoms with Crippen molar-refractivity contribution in [3.8, 4) is 0 Å². The first-order chi connectivity index (χ1) is 9.70. The normalized spacial score (nSPS) is 10.5. The molecule has 6 heteroatoms. The third-order valence-electron chi connectivity index (χ3n) is 2.75. The van der Waals surface area contributed by atoms with Gasteiger partial charge in [-0.15, -0.1) is 11.8 Å². The van der Waals surface area contributed by atoms with E-state index in [2.05, 4.69) is 10.3 Å². The molecule has 0 saturated carbocycles. The van der Waals surface area contributed by atoms with Crippen LogP contribution >= 0.6 is 23.5 Å². The zero-order valence-corrected chi connectivity index (χ0v) is 13.1. The van der Waals surface area contributed by atoms with Crippen molar-refractivity contribution in [2.75, 3.05) is 18.6 Å². The Balaban J connectivity index is 1.76. The van der Waals surface area contributed by atoms with Crippen LogP contribution in [-0.4, -0.2) is 34.0 Å². The van der Waals surface area contributed by atoms with Gasteiger partial charge < -0.3 is 9.88 Å².